The van der Waals surface area contributed by atoms with Crippen molar-refractivity contribution in [2.75, 3.05) is 6.61 Å². The van der Waals surface area contributed by atoms with Crippen molar-refractivity contribution < 1.29 is 4.74 Å². The van der Waals surface area contributed by atoms with Crippen molar-refractivity contribution >= 4 is 0 Å². The van der Waals surface area contributed by atoms with Crippen molar-refractivity contribution in [3.8, 4) is 0 Å². The summed E-state index contributed by atoms with van der Waals surface area (Å²) in [6.07, 6.45) is 2.78. The lowest BCUT2D eigenvalue weighted by atomic mass is 9.47. The van der Waals surface area contributed by atoms with Crippen molar-refractivity contribution in [2.45, 2.75) is 39.7 Å². The number of hydrogen-bond donors (Lipinski definition) is 0. The quantitative estimate of drug-likeness (QED) is 0.641. The minimum Gasteiger partial charge on any atom is -0.370 e. The highest BCUT2D eigenvalue weighted by Gasteiger charge is 2.54. The van der Waals surface area contributed by atoms with E-state index >= 15 is 0 Å². The zero-order valence-corrected chi connectivity index (χ0v) is 10.2. The van der Waals surface area contributed by atoms with Gasteiger partial charge in [0, 0.05) is 0 Å². The minimum absolute atomic E-state index is 0.290. The fourth-order valence-corrected chi connectivity index (χ4v) is 3.10. The zero-order chi connectivity index (χ0) is 11.2. The Bertz CT molecular complexity index is 300. The summed E-state index contributed by atoms with van der Waals surface area (Å²) in [7, 11) is 0. The van der Waals surface area contributed by atoms with E-state index in [1.165, 1.54) is 12.0 Å². The standard InChI is InChI=1S/C14H22O/c1-9(2)8-15-13-7-11-6-12(10(13)3)14(11,4)5/h11-13H,1,3,6-8H2,2,4-5H3. The molecule has 0 aromatic carbocycles. The Morgan fingerprint density at radius 3 is 2.60 bits per heavy atom. The van der Waals surface area contributed by atoms with Crippen molar-refractivity contribution in [3.05, 3.63) is 24.3 Å². The molecule has 1 heteroatoms. The van der Waals surface area contributed by atoms with Crippen LogP contribution in [-0.4, -0.2) is 12.7 Å². The molecule has 0 aliphatic heterocycles. The Morgan fingerprint density at radius 1 is 1.47 bits per heavy atom. The fourth-order valence-electron chi connectivity index (χ4n) is 3.10. The second-order valence-electron chi connectivity index (χ2n) is 5.87. The first-order valence-electron chi connectivity index (χ1n) is 5.87. The predicted molar refractivity (Wildman–Crippen MR) is 63.7 cm³/mol. The highest BCUT2D eigenvalue weighted by atomic mass is 16.5. The van der Waals surface area contributed by atoms with E-state index in [4.69, 9.17) is 4.74 Å². The number of hydrogen-bond acceptors (Lipinski definition) is 1. The van der Waals surface area contributed by atoms with Crippen LogP contribution in [0.2, 0.25) is 0 Å². The van der Waals surface area contributed by atoms with Crippen LogP contribution in [0.1, 0.15) is 33.6 Å². The molecule has 0 heterocycles. The third kappa shape index (κ3) is 1.67. The first-order valence-corrected chi connectivity index (χ1v) is 5.87. The summed E-state index contributed by atoms with van der Waals surface area (Å²) in [5.41, 5.74) is 2.89. The molecule has 0 aromatic heterocycles. The molecule has 3 unspecified atom stereocenters. The lowest BCUT2D eigenvalue weighted by Crippen LogP contribution is -2.53. The van der Waals surface area contributed by atoms with E-state index in [0.717, 1.165) is 17.9 Å². The maximum atomic E-state index is 5.85. The molecule has 3 aliphatic rings. The van der Waals surface area contributed by atoms with Gasteiger partial charge in [0.1, 0.15) is 0 Å². The van der Waals surface area contributed by atoms with Crippen molar-refractivity contribution in [3.63, 3.8) is 0 Å². The molecule has 3 rings (SSSR count). The van der Waals surface area contributed by atoms with Gasteiger partial charge in [-0.05, 0) is 42.6 Å². The largest absolute Gasteiger partial charge is 0.370 e. The van der Waals surface area contributed by atoms with Crippen molar-refractivity contribution in [2.24, 2.45) is 17.3 Å². The molecule has 0 N–H and O–H groups in total. The van der Waals surface area contributed by atoms with Crippen LogP contribution in [0.5, 0.6) is 0 Å². The van der Waals surface area contributed by atoms with Crippen LogP contribution in [0.15, 0.2) is 24.3 Å². The van der Waals surface area contributed by atoms with E-state index in [2.05, 4.69) is 27.0 Å². The van der Waals surface area contributed by atoms with Gasteiger partial charge in [0.05, 0.1) is 12.7 Å². The molecule has 0 saturated heterocycles. The average molecular weight is 206 g/mol. The second-order valence-corrected chi connectivity index (χ2v) is 5.87. The lowest BCUT2D eigenvalue weighted by Gasteiger charge is -2.59. The fraction of sp³-hybridized carbons (Fsp3) is 0.714. The Hall–Kier alpha value is -0.560. The number of rotatable bonds is 3. The molecule has 3 atom stereocenters. The van der Waals surface area contributed by atoms with Gasteiger partial charge in [-0.2, -0.15) is 0 Å². The molecule has 1 nitrogen and oxygen atoms in total. The van der Waals surface area contributed by atoms with Crippen LogP contribution >= 0.6 is 0 Å². The summed E-state index contributed by atoms with van der Waals surface area (Å²) in [5.74, 6) is 1.52. The minimum atomic E-state index is 0.290. The van der Waals surface area contributed by atoms with Gasteiger partial charge in [-0.3, -0.25) is 0 Å². The van der Waals surface area contributed by atoms with E-state index in [1.807, 2.05) is 6.92 Å². The van der Waals surface area contributed by atoms with E-state index in [-0.39, 0.29) is 0 Å². The summed E-state index contributed by atoms with van der Waals surface area (Å²) in [4.78, 5) is 0. The Labute approximate surface area is 93.2 Å². The maximum absolute atomic E-state index is 5.85. The zero-order valence-electron chi connectivity index (χ0n) is 10.2. The smallest absolute Gasteiger partial charge is 0.0792 e. The molecule has 3 aliphatic carbocycles. The monoisotopic (exact) mass is 206 g/mol. The van der Waals surface area contributed by atoms with Crippen LogP contribution in [0.25, 0.3) is 0 Å². The van der Waals surface area contributed by atoms with Gasteiger partial charge < -0.3 is 4.74 Å². The highest BCUT2D eigenvalue weighted by Crippen LogP contribution is 2.61. The molecule has 0 aromatic rings. The van der Waals surface area contributed by atoms with Gasteiger partial charge in [-0.15, -0.1) is 0 Å². The SMILES string of the molecule is C=C(C)COC1CC2CC(C1=C)C2(C)C. The van der Waals surface area contributed by atoms with Crippen LogP contribution < -0.4 is 0 Å². The van der Waals surface area contributed by atoms with Crippen LogP contribution in [0.4, 0.5) is 0 Å². The Balaban J connectivity index is 1.97. The summed E-state index contributed by atoms with van der Waals surface area (Å²) < 4.78 is 5.85. The van der Waals surface area contributed by atoms with Crippen LogP contribution in [0.3, 0.4) is 0 Å². The van der Waals surface area contributed by atoms with Gasteiger partial charge >= 0.3 is 0 Å². The molecule has 0 amide bonds. The summed E-state index contributed by atoms with van der Waals surface area (Å²) >= 11 is 0. The van der Waals surface area contributed by atoms with Gasteiger partial charge in [0.2, 0.25) is 0 Å². The summed E-state index contributed by atoms with van der Waals surface area (Å²) in [6, 6.07) is 0. The van der Waals surface area contributed by atoms with Crippen molar-refractivity contribution in [1.82, 2.24) is 0 Å². The Kier molecular flexibility index (Phi) is 2.54. The Morgan fingerprint density at radius 2 is 2.13 bits per heavy atom. The van der Waals surface area contributed by atoms with Gasteiger partial charge in [0.25, 0.3) is 0 Å². The molecule has 3 fully saturated rings. The highest BCUT2D eigenvalue weighted by molar-refractivity contribution is 5.23. The molecule has 2 bridgehead atoms. The molecule has 0 spiro atoms. The van der Waals surface area contributed by atoms with Gasteiger partial charge in [-0.1, -0.05) is 32.6 Å². The van der Waals surface area contributed by atoms with Crippen molar-refractivity contribution in [1.29, 1.82) is 0 Å². The van der Waals surface area contributed by atoms with Gasteiger partial charge in [0.15, 0.2) is 0 Å². The first kappa shape index (κ1) is 10.9. The topological polar surface area (TPSA) is 9.23 Å². The molecule has 15 heavy (non-hydrogen) atoms. The summed E-state index contributed by atoms with van der Waals surface area (Å²) in [6.45, 7) is 15.5. The maximum Gasteiger partial charge on any atom is 0.0792 e. The van der Waals surface area contributed by atoms with E-state index in [9.17, 15) is 0 Å². The lowest BCUT2D eigenvalue weighted by molar-refractivity contribution is -0.0870. The second kappa shape index (κ2) is 3.48. The third-order valence-electron chi connectivity index (χ3n) is 4.36. The molecule has 84 valence electrons. The summed E-state index contributed by atoms with van der Waals surface area (Å²) in [5, 5.41) is 0. The van der Waals surface area contributed by atoms with E-state index in [0.29, 0.717) is 24.0 Å². The molecule has 0 radical (unpaired) electrons. The van der Waals surface area contributed by atoms with Gasteiger partial charge in [-0.25, -0.2) is 0 Å². The average Bonchev–Trinajstić information content (AvgIpc) is 2.15. The van der Waals surface area contributed by atoms with E-state index < -0.39 is 0 Å². The normalized spacial score (nSPS) is 37.3. The van der Waals surface area contributed by atoms with Crippen LogP contribution in [-0.2, 0) is 4.74 Å². The third-order valence-corrected chi connectivity index (χ3v) is 4.36. The first-order chi connectivity index (χ1) is 6.93. The number of fused-ring (bicyclic) bond motifs is 2. The molecule has 3 saturated carbocycles. The predicted octanol–water partition coefficient (Wildman–Crippen LogP) is 3.57. The number of ether oxygens (including phenoxy) is 1. The van der Waals surface area contributed by atoms with E-state index in [1.54, 1.807) is 0 Å². The molecular weight excluding hydrogens is 184 g/mol. The molecular formula is C14H22O. The van der Waals surface area contributed by atoms with Crippen LogP contribution in [0, 0.1) is 17.3 Å².